The lowest BCUT2D eigenvalue weighted by Crippen LogP contribution is -2.19. The zero-order valence-corrected chi connectivity index (χ0v) is 10.6. The second-order valence-corrected chi connectivity index (χ2v) is 3.46. The first-order chi connectivity index (χ1) is 7.18. The summed E-state index contributed by atoms with van der Waals surface area (Å²) < 4.78 is 5.53. The highest BCUT2D eigenvalue weighted by molar-refractivity contribution is 5.26. The van der Waals surface area contributed by atoms with Crippen molar-refractivity contribution in [2.45, 2.75) is 20.8 Å². The molecule has 0 saturated carbocycles. The number of hydrogen-bond acceptors (Lipinski definition) is 2. The van der Waals surface area contributed by atoms with Gasteiger partial charge in [-0.25, -0.2) is 0 Å². The third-order valence-electron chi connectivity index (χ3n) is 1.83. The summed E-state index contributed by atoms with van der Waals surface area (Å²) in [6.07, 6.45) is 0. The molecule has 0 amide bonds. The third-order valence-corrected chi connectivity index (χ3v) is 1.83. The van der Waals surface area contributed by atoms with Crippen LogP contribution in [0.3, 0.4) is 0 Å². The number of likely N-dealkylation sites (N-methyl/N-ethyl adjacent to an activating group) is 1. The lowest BCUT2D eigenvalue weighted by Gasteiger charge is -2.10. The van der Waals surface area contributed by atoms with Crippen LogP contribution in [-0.2, 0) is 0 Å². The van der Waals surface area contributed by atoms with Crippen LogP contribution in [0.1, 0.15) is 19.4 Å². The number of nitrogens with zero attached hydrogens (tertiary/aromatic N) is 1. The molecule has 0 radical (unpaired) electrons. The lowest BCUT2D eigenvalue weighted by atomic mass is 10.2. The van der Waals surface area contributed by atoms with Gasteiger partial charge in [0.25, 0.3) is 0 Å². The Morgan fingerprint density at radius 1 is 1.07 bits per heavy atom. The number of aryl methyl sites for hydroxylation is 1. The molecular formula is C13H23NO. The van der Waals surface area contributed by atoms with Gasteiger partial charge in [-0.3, -0.25) is 0 Å². The molecule has 0 atom stereocenters. The Kier molecular flexibility index (Phi) is 7.74. The first kappa shape index (κ1) is 14.0. The van der Waals surface area contributed by atoms with E-state index in [1.165, 1.54) is 5.56 Å². The van der Waals surface area contributed by atoms with E-state index < -0.39 is 0 Å². The highest BCUT2D eigenvalue weighted by Crippen LogP contribution is 2.10. The molecule has 0 bridgehead atoms. The van der Waals surface area contributed by atoms with Gasteiger partial charge in [0.15, 0.2) is 0 Å². The van der Waals surface area contributed by atoms with E-state index in [1.54, 1.807) is 0 Å². The summed E-state index contributed by atoms with van der Waals surface area (Å²) in [5.41, 5.74) is 1.26. The van der Waals surface area contributed by atoms with Gasteiger partial charge in [-0.15, -0.1) is 0 Å². The lowest BCUT2D eigenvalue weighted by molar-refractivity contribution is 0.261. The Bertz CT molecular complexity index is 241. The molecule has 0 spiro atoms. The van der Waals surface area contributed by atoms with Crippen molar-refractivity contribution in [2.75, 3.05) is 27.2 Å². The molecule has 0 aliphatic rings. The monoisotopic (exact) mass is 209 g/mol. The van der Waals surface area contributed by atoms with E-state index >= 15 is 0 Å². The fourth-order valence-corrected chi connectivity index (χ4v) is 0.981. The number of benzene rings is 1. The van der Waals surface area contributed by atoms with Crippen LogP contribution in [0.2, 0.25) is 0 Å². The van der Waals surface area contributed by atoms with Gasteiger partial charge >= 0.3 is 0 Å². The molecule has 0 N–H and O–H groups in total. The molecular weight excluding hydrogens is 186 g/mol. The largest absolute Gasteiger partial charge is 0.492 e. The molecule has 0 saturated heterocycles. The van der Waals surface area contributed by atoms with Gasteiger partial charge in [0.1, 0.15) is 12.4 Å². The van der Waals surface area contributed by atoms with Gasteiger partial charge in [0.05, 0.1) is 0 Å². The van der Waals surface area contributed by atoms with Crippen molar-refractivity contribution in [2.24, 2.45) is 0 Å². The fourth-order valence-electron chi connectivity index (χ4n) is 0.981. The van der Waals surface area contributed by atoms with Crippen LogP contribution in [0.15, 0.2) is 24.3 Å². The molecule has 0 fully saturated rings. The quantitative estimate of drug-likeness (QED) is 0.756. The van der Waals surface area contributed by atoms with Crippen molar-refractivity contribution in [1.82, 2.24) is 4.90 Å². The van der Waals surface area contributed by atoms with Crippen LogP contribution in [0.25, 0.3) is 0 Å². The van der Waals surface area contributed by atoms with E-state index in [4.69, 9.17) is 4.74 Å². The molecule has 15 heavy (non-hydrogen) atoms. The Balaban J connectivity index is 0.000000921. The summed E-state index contributed by atoms with van der Waals surface area (Å²) in [4.78, 5) is 2.11. The Labute approximate surface area is 93.9 Å². The fraction of sp³-hybridized carbons (Fsp3) is 0.538. The minimum absolute atomic E-state index is 0.746. The normalized spacial score (nSPS) is 9.47. The smallest absolute Gasteiger partial charge is 0.119 e. The van der Waals surface area contributed by atoms with Gasteiger partial charge < -0.3 is 9.64 Å². The summed E-state index contributed by atoms with van der Waals surface area (Å²) in [5.74, 6) is 0.951. The van der Waals surface area contributed by atoms with E-state index in [0.29, 0.717) is 0 Å². The molecule has 1 aromatic carbocycles. The second kappa shape index (κ2) is 8.30. The summed E-state index contributed by atoms with van der Waals surface area (Å²) in [6.45, 7) is 7.77. The van der Waals surface area contributed by atoms with Crippen molar-refractivity contribution in [1.29, 1.82) is 0 Å². The molecule has 2 nitrogen and oxygen atoms in total. The predicted molar refractivity (Wildman–Crippen MR) is 66.6 cm³/mol. The zero-order chi connectivity index (χ0) is 11.7. The first-order valence-corrected chi connectivity index (χ1v) is 5.52. The van der Waals surface area contributed by atoms with E-state index in [2.05, 4.69) is 24.0 Å². The minimum atomic E-state index is 0.746. The Morgan fingerprint density at radius 3 is 2.07 bits per heavy atom. The van der Waals surface area contributed by atoms with Gasteiger partial charge in [-0.2, -0.15) is 0 Å². The molecule has 0 unspecified atom stereocenters. The van der Waals surface area contributed by atoms with Gasteiger partial charge in [-0.05, 0) is 33.2 Å². The molecule has 0 aliphatic heterocycles. The molecule has 1 aromatic rings. The van der Waals surface area contributed by atoms with Gasteiger partial charge in [0, 0.05) is 6.54 Å². The second-order valence-electron chi connectivity index (χ2n) is 3.46. The zero-order valence-electron chi connectivity index (χ0n) is 10.6. The maximum atomic E-state index is 5.53. The van der Waals surface area contributed by atoms with E-state index in [-0.39, 0.29) is 0 Å². The summed E-state index contributed by atoms with van der Waals surface area (Å²) in [7, 11) is 4.08. The summed E-state index contributed by atoms with van der Waals surface area (Å²) in [6, 6.07) is 8.13. The molecule has 0 aromatic heterocycles. The average molecular weight is 209 g/mol. The summed E-state index contributed by atoms with van der Waals surface area (Å²) >= 11 is 0. The minimum Gasteiger partial charge on any atom is -0.492 e. The van der Waals surface area contributed by atoms with E-state index in [1.807, 2.05) is 40.1 Å². The van der Waals surface area contributed by atoms with Crippen molar-refractivity contribution in [3.8, 4) is 5.75 Å². The molecule has 86 valence electrons. The molecule has 0 heterocycles. The van der Waals surface area contributed by atoms with E-state index in [0.717, 1.165) is 18.9 Å². The molecule has 1 rings (SSSR count). The Morgan fingerprint density at radius 2 is 1.60 bits per heavy atom. The topological polar surface area (TPSA) is 12.5 Å². The molecule has 0 aliphatic carbocycles. The maximum absolute atomic E-state index is 5.53. The van der Waals surface area contributed by atoms with Crippen LogP contribution in [-0.4, -0.2) is 32.1 Å². The first-order valence-electron chi connectivity index (χ1n) is 5.52. The number of hydrogen-bond donors (Lipinski definition) is 0. The highest BCUT2D eigenvalue weighted by atomic mass is 16.5. The van der Waals surface area contributed by atoms with Crippen LogP contribution in [0, 0.1) is 6.92 Å². The SMILES string of the molecule is CC.Cc1ccc(OCCN(C)C)cc1. The highest BCUT2D eigenvalue weighted by Gasteiger charge is 1.93. The third kappa shape index (κ3) is 6.97. The van der Waals surface area contributed by atoms with Crippen LogP contribution in [0.5, 0.6) is 5.75 Å². The van der Waals surface area contributed by atoms with Crippen molar-refractivity contribution in [3.05, 3.63) is 29.8 Å². The van der Waals surface area contributed by atoms with Crippen LogP contribution >= 0.6 is 0 Å². The van der Waals surface area contributed by atoms with Crippen LogP contribution < -0.4 is 4.74 Å². The summed E-state index contributed by atoms with van der Waals surface area (Å²) in [5, 5.41) is 0. The van der Waals surface area contributed by atoms with Crippen molar-refractivity contribution in [3.63, 3.8) is 0 Å². The molecule has 2 heteroatoms. The predicted octanol–water partition coefficient (Wildman–Crippen LogP) is 2.96. The Hall–Kier alpha value is -1.02. The van der Waals surface area contributed by atoms with E-state index in [9.17, 15) is 0 Å². The maximum Gasteiger partial charge on any atom is 0.119 e. The standard InChI is InChI=1S/C11H17NO.C2H6/c1-10-4-6-11(7-5-10)13-9-8-12(2)3;1-2/h4-7H,8-9H2,1-3H3;1-2H3. The van der Waals surface area contributed by atoms with Crippen molar-refractivity contribution < 1.29 is 4.74 Å². The van der Waals surface area contributed by atoms with Gasteiger partial charge in [0.2, 0.25) is 0 Å². The number of rotatable bonds is 4. The van der Waals surface area contributed by atoms with Crippen LogP contribution in [0.4, 0.5) is 0 Å². The van der Waals surface area contributed by atoms with Gasteiger partial charge in [-0.1, -0.05) is 31.5 Å². The van der Waals surface area contributed by atoms with Crippen molar-refractivity contribution >= 4 is 0 Å². The average Bonchev–Trinajstić information content (AvgIpc) is 2.23. The number of ether oxygens (including phenoxy) is 1.